The van der Waals surface area contributed by atoms with Crippen molar-refractivity contribution >= 4 is 25.7 Å². The topological polar surface area (TPSA) is 52.6 Å². The zero-order valence-corrected chi connectivity index (χ0v) is 15.6. The lowest BCUT2D eigenvalue weighted by Crippen LogP contribution is -1.99. The van der Waals surface area contributed by atoms with Crippen LogP contribution in [0.2, 0.25) is 0 Å². The Kier molecular flexibility index (Phi) is 6.77. The maximum Gasteiger partial charge on any atom is 0.402 e. The summed E-state index contributed by atoms with van der Waals surface area (Å²) in [5.74, 6) is 0.198. The molecule has 7 heteroatoms. The summed E-state index contributed by atoms with van der Waals surface area (Å²) in [6, 6.07) is 11.9. The number of benzene rings is 2. The van der Waals surface area contributed by atoms with Gasteiger partial charge >= 0.3 is 7.60 Å². The first kappa shape index (κ1) is 19.6. The van der Waals surface area contributed by atoms with Gasteiger partial charge in [0.25, 0.3) is 0 Å². The minimum absolute atomic E-state index is 0.109. The zero-order chi connectivity index (χ0) is 18.4. The smallest absolute Gasteiger partial charge is 0.402 e. The van der Waals surface area contributed by atoms with Crippen molar-refractivity contribution in [1.29, 1.82) is 0 Å². The largest absolute Gasteiger partial charge is 0.423 e. The van der Waals surface area contributed by atoms with Crippen molar-refractivity contribution < 1.29 is 22.3 Å². The second-order valence-corrected chi connectivity index (χ2v) is 8.27. The van der Waals surface area contributed by atoms with E-state index in [9.17, 15) is 13.8 Å². The van der Waals surface area contributed by atoms with E-state index in [1.807, 2.05) is 19.9 Å². The molecule has 1 atom stereocenters. The minimum Gasteiger partial charge on any atom is -0.423 e. The number of hydrogen-bond donors (Lipinski definition) is 0. The number of halogens is 2. The molecular weight excluding hydrogens is 366 g/mol. The van der Waals surface area contributed by atoms with Crippen LogP contribution < -0.4 is 4.52 Å². The zero-order valence-electron chi connectivity index (χ0n) is 13.9. The second-order valence-electron chi connectivity index (χ2n) is 5.95. The highest BCUT2D eigenvalue weighted by Crippen LogP contribution is 2.48. The lowest BCUT2D eigenvalue weighted by atomic mass is 9.97. The van der Waals surface area contributed by atoms with E-state index >= 15 is 0 Å². The van der Waals surface area contributed by atoms with Crippen molar-refractivity contribution in [2.45, 2.75) is 26.2 Å². The van der Waals surface area contributed by atoms with Crippen LogP contribution in [0.4, 0.5) is 4.39 Å². The predicted octanol–water partition coefficient (Wildman–Crippen LogP) is 5.48. The van der Waals surface area contributed by atoms with Gasteiger partial charge in [0.2, 0.25) is 0 Å². The molecule has 0 saturated heterocycles. The Morgan fingerprint density at radius 1 is 1.16 bits per heavy atom. The molecule has 0 bridgehead atoms. The maximum atomic E-state index is 13.8. The van der Waals surface area contributed by atoms with Crippen molar-refractivity contribution in [3.05, 3.63) is 65.0 Å². The van der Waals surface area contributed by atoms with Gasteiger partial charge in [0.1, 0.15) is 24.0 Å². The van der Waals surface area contributed by atoms with Gasteiger partial charge in [0, 0.05) is 0 Å². The van der Waals surface area contributed by atoms with E-state index in [4.69, 9.17) is 16.4 Å². The molecule has 0 spiro atoms. The van der Waals surface area contributed by atoms with Crippen LogP contribution in [0, 0.1) is 5.82 Å². The lowest BCUT2D eigenvalue weighted by Gasteiger charge is -2.13. The normalized spacial score (nSPS) is 13.5. The molecule has 1 unspecified atom stereocenters. The van der Waals surface area contributed by atoms with Gasteiger partial charge < -0.3 is 9.32 Å². The van der Waals surface area contributed by atoms with E-state index in [0.29, 0.717) is 18.3 Å². The van der Waals surface area contributed by atoms with Gasteiger partial charge in [-0.05, 0) is 47.2 Å². The number of hydrogen-bond acceptors (Lipinski definition) is 4. The summed E-state index contributed by atoms with van der Waals surface area (Å²) in [7, 11) is -3.67. The summed E-state index contributed by atoms with van der Waals surface area (Å²) in [6.07, 6.45) is 0.627. The van der Waals surface area contributed by atoms with Crippen LogP contribution in [-0.2, 0) is 19.9 Å². The highest BCUT2D eigenvalue weighted by Gasteiger charge is 2.25. The molecule has 2 rings (SSSR count). The third kappa shape index (κ3) is 5.40. The average Bonchev–Trinajstić information content (AvgIpc) is 2.58. The Balaban J connectivity index is 2.12. The Hall–Kier alpha value is -1.68. The van der Waals surface area contributed by atoms with Crippen LogP contribution in [0.25, 0.3) is 0 Å². The molecule has 0 saturated carbocycles. The van der Waals surface area contributed by atoms with E-state index in [2.05, 4.69) is 4.08 Å². The standard InChI is InChI=1S/C18H19ClFO4P/c1-13(2)17-12-15(5-8-18(17)20)11-14-3-6-16(7-4-14)23-25(22,24-19)10-9-21/h3-9,12-13H,10-11H2,1-2H3. The fourth-order valence-corrected chi connectivity index (χ4v) is 3.42. The monoisotopic (exact) mass is 384 g/mol. The molecule has 4 nitrogen and oxygen atoms in total. The first-order valence-electron chi connectivity index (χ1n) is 7.77. The summed E-state index contributed by atoms with van der Waals surface area (Å²) >= 11 is 5.15. The van der Waals surface area contributed by atoms with Crippen LogP contribution in [0.15, 0.2) is 42.5 Å². The number of rotatable bonds is 8. The van der Waals surface area contributed by atoms with Crippen molar-refractivity contribution in [2.75, 3.05) is 6.16 Å². The Labute approximate surface area is 151 Å². The fourth-order valence-electron chi connectivity index (χ4n) is 2.38. The van der Waals surface area contributed by atoms with Crippen molar-refractivity contribution in [1.82, 2.24) is 0 Å². The molecule has 0 aliphatic carbocycles. The lowest BCUT2D eigenvalue weighted by molar-refractivity contribution is -0.106. The van der Waals surface area contributed by atoms with Crippen LogP contribution in [0.5, 0.6) is 5.75 Å². The Bertz CT molecular complexity index is 777. The predicted molar refractivity (Wildman–Crippen MR) is 95.8 cm³/mol. The quantitative estimate of drug-likeness (QED) is 0.446. The summed E-state index contributed by atoms with van der Waals surface area (Å²) < 4.78 is 35.3. The first-order valence-corrected chi connectivity index (χ1v) is 9.80. The third-order valence-corrected chi connectivity index (χ3v) is 5.59. The van der Waals surface area contributed by atoms with Crippen LogP contribution >= 0.6 is 19.5 Å². The van der Waals surface area contributed by atoms with Crippen molar-refractivity contribution in [3.8, 4) is 5.75 Å². The molecule has 2 aromatic carbocycles. The molecule has 2 aromatic rings. The molecule has 0 amide bonds. The second kappa shape index (κ2) is 8.61. The Morgan fingerprint density at radius 2 is 1.80 bits per heavy atom. The van der Waals surface area contributed by atoms with E-state index in [-0.39, 0.29) is 17.5 Å². The van der Waals surface area contributed by atoms with Gasteiger partial charge in [-0.1, -0.05) is 38.1 Å². The third-order valence-electron chi connectivity index (χ3n) is 3.66. The summed E-state index contributed by atoms with van der Waals surface area (Å²) in [5, 5.41) is 0. The van der Waals surface area contributed by atoms with Gasteiger partial charge in [0.15, 0.2) is 0 Å². The minimum atomic E-state index is -3.67. The van der Waals surface area contributed by atoms with Gasteiger partial charge in [-0.2, -0.15) is 4.08 Å². The van der Waals surface area contributed by atoms with Crippen LogP contribution in [-0.4, -0.2) is 12.4 Å². The van der Waals surface area contributed by atoms with E-state index in [0.717, 1.165) is 11.1 Å². The van der Waals surface area contributed by atoms with Crippen molar-refractivity contribution in [2.24, 2.45) is 0 Å². The maximum absolute atomic E-state index is 13.8. The summed E-state index contributed by atoms with van der Waals surface area (Å²) in [4.78, 5) is 10.5. The molecule has 0 aliphatic rings. The fraction of sp³-hybridized carbons (Fsp3) is 0.278. The van der Waals surface area contributed by atoms with Gasteiger partial charge in [-0.15, -0.1) is 0 Å². The van der Waals surface area contributed by atoms with E-state index in [1.54, 1.807) is 30.3 Å². The Morgan fingerprint density at radius 3 is 2.36 bits per heavy atom. The number of carbonyl (C=O) groups excluding carboxylic acids is 1. The molecule has 134 valence electrons. The molecule has 0 heterocycles. The van der Waals surface area contributed by atoms with Crippen molar-refractivity contribution in [3.63, 3.8) is 0 Å². The van der Waals surface area contributed by atoms with Gasteiger partial charge in [-0.25, -0.2) is 8.96 Å². The molecule has 25 heavy (non-hydrogen) atoms. The summed E-state index contributed by atoms with van der Waals surface area (Å²) in [6.45, 7) is 3.90. The van der Waals surface area contributed by atoms with E-state index < -0.39 is 13.8 Å². The molecule has 0 aliphatic heterocycles. The molecule has 0 aromatic heterocycles. The highest BCUT2D eigenvalue weighted by atomic mass is 35.5. The summed E-state index contributed by atoms with van der Waals surface area (Å²) in [5.41, 5.74) is 2.66. The number of carbonyl (C=O) groups is 1. The van der Waals surface area contributed by atoms with Crippen LogP contribution in [0.1, 0.15) is 36.5 Å². The number of aldehydes is 1. The SMILES string of the molecule is CC(C)c1cc(Cc2ccc(OP(=O)(CC=O)OCl)cc2)ccc1F. The first-order chi connectivity index (χ1) is 11.9. The van der Waals surface area contributed by atoms with Gasteiger partial charge in [0.05, 0.1) is 11.9 Å². The average molecular weight is 385 g/mol. The van der Waals surface area contributed by atoms with E-state index in [1.165, 1.54) is 6.07 Å². The molecular formula is C18H19ClFO4P. The molecule has 0 radical (unpaired) electrons. The van der Waals surface area contributed by atoms with Gasteiger partial charge in [-0.3, -0.25) is 0 Å². The molecule has 0 fully saturated rings. The highest BCUT2D eigenvalue weighted by molar-refractivity contribution is 7.56. The molecule has 0 N–H and O–H groups in total. The van der Waals surface area contributed by atoms with Crippen LogP contribution in [0.3, 0.4) is 0 Å².